The molecule has 1 atom stereocenters. The second-order valence-electron chi connectivity index (χ2n) is 7.03. The highest BCUT2D eigenvalue weighted by molar-refractivity contribution is 4.87. The van der Waals surface area contributed by atoms with Gasteiger partial charge in [0.05, 0.1) is 6.10 Å². The number of hydrogen-bond donors (Lipinski definition) is 1. The van der Waals surface area contributed by atoms with Gasteiger partial charge in [-0.2, -0.15) is 0 Å². The summed E-state index contributed by atoms with van der Waals surface area (Å²) in [5, 5.41) is 3.61. The Kier molecular flexibility index (Phi) is 6.79. The molecule has 1 saturated heterocycles. The molecule has 118 valence electrons. The fourth-order valence-corrected chi connectivity index (χ4v) is 4.02. The first-order valence-electron chi connectivity index (χ1n) is 8.75. The molecule has 1 N–H and O–H groups in total. The van der Waals surface area contributed by atoms with Crippen LogP contribution in [0.2, 0.25) is 0 Å². The molecule has 0 aromatic heterocycles. The van der Waals surface area contributed by atoms with Crippen LogP contribution in [0, 0.1) is 5.41 Å². The molecule has 1 aliphatic carbocycles. The first kappa shape index (κ1) is 16.3. The first-order valence-corrected chi connectivity index (χ1v) is 8.75. The van der Waals surface area contributed by atoms with Crippen LogP contribution in [0.3, 0.4) is 0 Å². The third kappa shape index (κ3) is 5.01. The maximum absolute atomic E-state index is 5.89. The topological polar surface area (TPSA) is 24.5 Å². The van der Waals surface area contributed by atoms with Gasteiger partial charge in [0.2, 0.25) is 0 Å². The molecule has 1 heterocycles. The average Bonchev–Trinajstić information content (AvgIpc) is 2.47. The summed E-state index contributed by atoms with van der Waals surface area (Å²) in [7, 11) is 2.29. The van der Waals surface area contributed by atoms with Crippen LogP contribution in [-0.4, -0.2) is 50.8 Å². The highest BCUT2D eigenvalue weighted by Crippen LogP contribution is 2.36. The molecule has 2 rings (SSSR count). The zero-order valence-corrected chi connectivity index (χ0v) is 13.6. The van der Waals surface area contributed by atoms with E-state index < -0.39 is 0 Å². The van der Waals surface area contributed by atoms with Crippen molar-refractivity contribution < 1.29 is 4.74 Å². The number of nitrogens with one attached hydrogen (secondary N) is 1. The summed E-state index contributed by atoms with van der Waals surface area (Å²) in [6.07, 6.45) is 11.4. The van der Waals surface area contributed by atoms with E-state index >= 15 is 0 Å². The minimum atomic E-state index is 0.480. The maximum Gasteiger partial charge on any atom is 0.0701 e. The molecule has 20 heavy (non-hydrogen) atoms. The third-order valence-corrected chi connectivity index (χ3v) is 5.06. The second kappa shape index (κ2) is 8.35. The largest absolute Gasteiger partial charge is 0.377 e. The van der Waals surface area contributed by atoms with Crippen molar-refractivity contribution in [1.82, 2.24) is 10.2 Å². The molecular formula is C17H34N2O. The van der Waals surface area contributed by atoms with Gasteiger partial charge in [0.15, 0.2) is 0 Å². The van der Waals surface area contributed by atoms with Gasteiger partial charge in [-0.05, 0) is 51.1 Å². The van der Waals surface area contributed by atoms with Gasteiger partial charge in [-0.15, -0.1) is 0 Å². The molecule has 2 fully saturated rings. The predicted octanol–water partition coefficient (Wildman–Crippen LogP) is 3.05. The van der Waals surface area contributed by atoms with E-state index in [1.165, 1.54) is 64.5 Å². The number of nitrogens with zero attached hydrogens (tertiary/aromatic N) is 1. The van der Waals surface area contributed by atoms with Crippen molar-refractivity contribution in [1.29, 1.82) is 0 Å². The Bertz CT molecular complexity index is 258. The van der Waals surface area contributed by atoms with Crippen molar-refractivity contribution in [3.63, 3.8) is 0 Å². The Labute approximate surface area is 125 Å². The van der Waals surface area contributed by atoms with Crippen LogP contribution in [0.5, 0.6) is 0 Å². The molecule has 3 heteroatoms. The molecule has 3 nitrogen and oxygen atoms in total. The number of rotatable bonds is 7. The van der Waals surface area contributed by atoms with Crippen LogP contribution in [0.25, 0.3) is 0 Å². The molecule has 0 amide bonds. The number of hydrogen-bond acceptors (Lipinski definition) is 3. The molecule has 2 aliphatic rings. The van der Waals surface area contributed by atoms with Crippen LogP contribution in [-0.2, 0) is 4.74 Å². The Balaban J connectivity index is 1.82. The van der Waals surface area contributed by atoms with E-state index in [0.717, 1.165) is 19.7 Å². The monoisotopic (exact) mass is 282 g/mol. The minimum absolute atomic E-state index is 0.480. The van der Waals surface area contributed by atoms with E-state index in [1.54, 1.807) is 0 Å². The Morgan fingerprint density at radius 2 is 1.95 bits per heavy atom. The molecule has 0 aromatic carbocycles. The van der Waals surface area contributed by atoms with E-state index in [9.17, 15) is 0 Å². The molecule has 0 aromatic rings. The van der Waals surface area contributed by atoms with Gasteiger partial charge in [0.1, 0.15) is 0 Å². The van der Waals surface area contributed by atoms with Gasteiger partial charge in [-0.3, -0.25) is 0 Å². The molecule has 1 saturated carbocycles. The maximum atomic E-state index is 5.89. The van der Waals surface area contributed by atoms with E-state index in [-0.39, 0.29) is 0 Å². The summed E-state index contributed by atoms with van der Waals surface area (Å²) < 4.78 is 5.89. The van der Waals surface area contributed by atoms with Gasteiger partial charge in [0.25, 0.3) is 0 Å². The summed E-state index contributed by atoms with van der Waals surface area (Å²) in [5.41, 5.74) is 0.512. The van der Waals surface area contributed by atoms with Crippen molar-refractivity contribution in [3.05, 3.63) is 0 Å². The average molecular weight is 282 g/mol. The lowest BCUT2D eigenvalue weighted by molar-refractivity contribution is -0.0105. The Morgan fingerprint density at radius 1 is 1.15 bits per heavy atom. The van der Waals surface area contributed by atoms with Crippen molar-refractivity contribution in [2.24, 2.45) is 5.41 Å². The zero-order valence-electron chi connectivity index (χ0n) is 13.6. The third-order valence-electron chi connectivity index (χ3n) is 5.06. The lowest BCUT2D eigenvalue weighted by atomic mass is 9.73. The van der Waals surface area contributed by atoms with Crippen molar-refractivity contribution in [2.75, 3.05) is 39.8 Å². The standard InChI is InChI=1S/C17H34N2O/c1-3-18-14-17(10-6-4-7-11-17)15-19(2)13-16-9-5-8-12-20-16/h16,18H,3-15H2,1-2H3. The molecular weight excluding hydrogens is 248 g/mol. The minimum Gasteiger partial charge on any atom is -0.377 e. The fourth-order valence-electron chi connectivity index (χ4n) is 4.02. The normalized spacial score (nSPS) is 26.9. The molecule has 0 spiro atoms. The summed E-state index contributed by atoms with van der Waals surface area (Å²) in [6.45, 7) is 7.83. The van der Waals surface area contributed by atoms with Crippen LogP contribution >= 0.6 is 0 Å². The van der Waals surface area contributed by atoms with E-state index in [2.05, 4.69) is 24.2 Å². The van der Waals surface area contributed by atoms with E-state index in [1.807, 2.05) is 0 Å². The molecule has 1 aliphatic heterocycles. The quantitative estimate of drug-likeness (QED) is 0.777. The Hall–Kier alpha value is -0.120. The van der Waals surface area contributed by atoms with Crippen LogP contribution in [0.4, 0.5) is 0 Å². The number of likely N-dealkylation sites (N-methyl/N-ethyl adjacent to an activating group) is 1. The molecule has 0 radical (unpaired) electrons. The van der Waals surface area contributed by atoms with Crippen LogP contribution in [0.15, 0.2) is 0 Å². The van der Waals surface area contributed by atoms with Crippen LogP contribution in [0.1, 0.15) is 58.3 Å². The van der Waals surface area contributed by atoms with Gasteiger partial charge < -0.3 is 15.0 Å². The van der Waals surface area contributed by atoms with Crippen molar-refractivity contribution in [3.8, 4) is 0 Å². The van der Waals surface area contributed by atoms with Crippen molar-refractivity contribution in [2.45, 2.75) is 64.4 Å². The van der Waals surface area contributed by atoms with Gasteiger partial charge in [-0.1, -0.05) is 26.2 Å². The summed E-state index contributed by atoms with van der Waals surface area (Å²) in [5.74, 6) is 0. The summed E-state index contributed by atoms with van der Waals surface area (Å²) in [6, 6.07) is 0. The summed E-state index contributed by atoms with van der Waals surface area (Å²) in [4.78, 5) is 2.54. The zero-order chi connectivity index (χ0) is 14.3. The van der Waals surface area contributed by atoms with Crippen LogP contribution < -0.4 is 5.32 Å². The second-order valence-corrected chi connectivity index (χ2v) is 7.03. The van der Waals surface area contributed by atoms with Gasteiger partial charge in [-0.25, -0.2) is 0 Å². The first-order chi connectivity index (χ1) is 9.74. The predicted molar refractivity (Wildman–Crippen MR) is 85.1 cm³/mol. The van der Waals surface area contributed by atoms with Crippen molar-refractivity contribution >= 4 is 0 Å². The Morgan fingerprint density at radius 3 is 2.60 bits per heavy atom. The highest BCUT2D eigenvalue weighted by atomic mass is 16.5. The van der Waals surface area contributed by atoms with Gasteiger partial charge >= 0.3 is 0 Å². The lowest BCUT2D eigenvalue weighted by Gasteiger charge is -2.41. The SMILES string of the molecule is CCNCC1(CN(C)CC2CCCCO2)CCCCC1. The van der Waals surface area contributed by atoms with Gasteiger partial charge in [0, 0.05) is 26.2 Å². The number of ether oxygens (including phenoxy) is 1. The van der Waals surface area contributed by atoms with E-state index in [0.29, 0.717) is 11.5 Å². The lowest BCUT2D eigenvalue weighted by Crippen LogP contribution is -2.46. The highest BCUT2D eigenvalue weighted by Gasteiger charge is 2.33. The fraction of sp³-hybridized carbons (Fsp3) is 1.00. The smallest absolute Gasteiger partial charge is 0.0701 e. The van der Waals surface area contributed by atoms with E-state index in [4.69, 9.17) is 4.74 Å². The molecule has 1 unspecified atom stereocenters. The molecule has 0 bridgehead atoms. The summed E-state index contributed by atoms with van der Waals surface area (Å²) >= 11 is 0.